The second-order valence-electron chi connectivity index (χ2n) is 6.46. The summed E-state index contributed by atoms with van der Waals surface area (Å²) in [6, 6.07) is 2.88. The SMILES string of the molecule is O=C(OCC(F)F)C1=C2CCCN2C(c2nccs2)=NC1c1ccc(F)cc1Cl. The van der Waals surface area contributed by atoms with E-state index in [1.54, 1.807) is 6.20 Å². The van der Waals surface area contributed by atoms with E-state index in [0.717, 1.165) is 12.5 Å². The number of aromatic nitrogens is 1. The lowest BCUT2D eigenvalue weighted by atomic mass is 9.94. The maximum absolute atomic E-state index is 13.6. The van der Waals surface area contributed by atoms with Crippen molar-refractivity contribution in [2.75, 3.05) is 13.2 Å². The molecule has 1 aromatic carbocycles. The fourth-order valence-corrected chi connectivity index (χ4v) is 4.41. The Morgan fingerprint density at radius 2 is 2.24 bits per heavy atom. The number of esters is 1. The predicted molar refractivity (Wildman–Crippen MR) is 103 cm³/mol. The lowest BCUT2D eigenvalue weighted by Crippen LogP contribution is -2.35. The van der Waals surface area contributed by atoms with Crippen molar-refractivity contribution < 1.29 is 22.7 Å². The van der Waals surface area contributed by atoms with Gasteiger partial charge >= 0.3 is 5.97 Å². The number of ether oxygens (including phenoxy) is 1. The van der Waals surface area contributed by atoms with Crippen molar-refractivity contribution in [1.29, 1.82) is 0 Å². The first kappa shape index (κ1) is 19.9. The van der Waals surface area contributed by atoms with Crippen molar-refractivity contribution >= 4 is 34.7 Å². The summed E-state index contributed by atoms with van der Waals surface area (Å²) in [5.41, 5.74) is 1.19. The van der Waals surface area contributed by atoms with Gasteiger partial charge in [-0.25, -0.2) is 22.9 Å². The molecule has 5 nitrogen and oxygen atoms in total. The quantitative estimate of drug-likeness (QED) is 0.636. The van der Waals surface area contributed by atoms with Gasteiger partial charge in [-0.15, -0.1) is 11.3 Å². The molecule has 2 aliphatic heterocycles. The fraction of sp³-hybridized carbons (Fsp3) is 0.316. The summed E-state index contributed by atoms with van der Waals surface area (Å²) in [7, 11) is 0. The summed E-state index contributed by atoms with van der Waals surface area (Å²) in [5, 5.41) is 2.56. The van der Waals surface area contributed by atoms with E-state index in [-0.39, 0.29) is 10.6 Å². The number of aliphatic imine (C=N–C) groups is 1. The van der Waals surface area contributed by atoms with Gasteiger partial charge in [-0.1, -0.05) is 17.7 Å². The van der Waals surface area contributed by atoms with Crippen LogP contribution in [-0.4, -0.2) is 41.3 Å². The third-order valence-corrected chi connectivity index (χ3v) is 5.75. The van der Waals surface area contributed by atoms with Crippen LogP contribution in [-0.2, 0) is 9.53 Å². The number of hydrogen-bond acceptors (Lipinski definition) is 6. The monoisotopic (exact) mass is 441 g/mol. The van der Waals surface area contributed by atoms with E-state index < -0.39 is 30.9 Å². The summed E-state index contributed by atoms with van der Waals surface area (Å²) < 4.78 is 43.6. The first-order chi connectivity index (χ1) is 14.0. The van der Waals surface area contributed by atoms with E-state index in [9.17, 15) is 18.0 Å². The molecule has 0 spiro atoms. The number of halogens is 4. The maximum atomic E-state index is 13.6. The smallest absolute Gasteiger partial charge is 0.338 e. The Morgan fingerprint density at radius 1 is 1.41 bits per heavy atom. The number of benzene rings is 1. The number of hydrogen-bond donors (Lipinski definition) is 0. The highest BCUT2D eigenvalue weighted by Gasteiger charge is 2.39. The highest BCUT2D eigenvalue weighted by atomic mass is 35.5. The minimum absolute atomic E-state index is 0.0865. The molecule has 1 unspecified atom stereocenters. The van der Waals surface area contributed by atoms with Gasteiger partial charge < -0.3 is 9.64 Å². The van der Waals surface area contributed by atoms with Crippen LogP contribution in [0.4, 0.5) is 13.2 Å². The molecule has 1 saturated heterocycles. The third kappa shape index (κ3) is 3.89. The highest BCUT2D eigenvalue weighted by Crippen LogP contribution is 2.42. The van der Waals surface area contributed by atoms with Gasteiger partial charge in [0.2, 0.25) is 0 Å². The Labute approximate surface area is 173 Å². The van der Waals surface area contributed by atoms with Crippen LogP contribution >= 0.6 is 22.9 Å². The Balaban J connectivity index is 1.84. The molecule has 0 saturated carbocycles. The molecule has 152 valence electrons. The molecule has 2 aliphatic rings. The topological polar surface area (TPSA) is 54.8 Å². The number of fused-ring (bicyclic) bond motifs is 1. The Morgan fingerprint density at radius 3 is 2.93 bits per heavy atom. The molecule has 3 heterocycles. The van der Waals surface area contributed by atoms with Crippen molar-refractivity contribution in [2.24, 2.45) is 4.99 Å². The number of alkyl halides is 2. The van der Waals surface area contributed by atoms with Crippen LogP contribution in [0, 0.1) is 5.82 Å². The zero-order valence-electron chi connectivity index (χ0n) is 14.9. The second kappa shape index (κ2) is 8.16. The molecule has 10 heteroatoms. The van der Waals surface area contributed by atoms with E-state index in [1.165, 1.54) is 23.5 Å². The Kier molecular flexibility index (Phi) is 5.60. The van der Waals surface area contributed by atoms with E-state index in [2.05, 4.69) is 4.98 Å². The van der Waals surface area contributed by atoms with Gasteiger partial charge in [-0.2, -0.15) is 0 Å². The van der Waals surface area contributed by atoms with Crippen LogP contribution in [0.3, 0.4) is 0 Å². The van der Waals surface area contributed by atoms with Gasteiger partial charge in [-0.05, 0) is 25.0 Å². The number of thiazole rings is 1. The van der Waals surface area contributed by atoms with E-state index in [1.807, 2.05) is 10.3 Å². The van der Waals surface area contributed by atoms with Gasteiger partial charge in [0, 0.05) is 34.4 Å². The molecule has 29 heavy (non-hydrogen) atoms. The number of amidine groups is 1. The second-order valence-corrected chi connectivity index (χ2v) is 7.77. The third-order valence-electron chi connectivity index (χ3n) is 4.65. The summed E-state index contributed by atoms with van der Waals surface area (Å²) in [5.74, 6) is -0.835. The van der Waals surface area contributed by atoms with Gasteiger partial charge in [0.05, 0.1) is 5.57 Å². The molecular formula is C19H15ClF3N3O2S. The van der Waals surface area contributed by atoms with Crippen molar-refractivity contribution in [3.05, 3.63) is 62.5 Å². The minimum atomic E-state index is -2.78. The first-order valence-corrected chi connectivity index (χ1v) is 10.1. The molecule has 2 aromatic rings. The molecule has 0 bridgehead atoms. The van der Waals surface area contributed by atoms with Crippen LogP contribution in [0.25, 0.3) is 0 Å². The molecule has 0 radical (unpaired) electrons. The maximum Gasteiger partial charge on any atom is 0.338 e. The predicted octanol–water partition coefficient (Wildman–Crippen LogP) is 4.60. The van der Waals surface area contributed by atoms with Crippen molar-refractivity contribution in [2.45, 2.75) is 25.3 Å². The molecule has 4 rings (SSSR count). The Hall–Kier alpha value is -2.39. The van der Waals surface area contributed by atoms with Crippen molar-refractivity contribution in [3.8, 4) is 0 Å². The van der Waals surface area contributed by atoms with Gasteiger partial charge in [0.1, 0.15) is 11.9 Å². The molecule has 1 aromatic heterocycles. The number of nitrogens with zero attached hydrogens (tertiary/aromatic N) is 3. The van der Waals surface area contributed by atoms with Crippen LogP contribution in [0.1, 0.15) is 29.5 Å². The first-order valence-electron chi connectivity index (χ1n) is 8.84. The van der Waals surface area contributed by atoms with Gasteiger partial charge in [0.15, 0.2) is 17.5 Å². The highest BCUT2D eigenvalue weighted by molar-refractivity contribution is 7.11. The molecule has 0 amide bonds. The lowest BCUT2D eigenvalue weighted by molar-refractivity contribution is -0.143. The van der Waals surface area contributed by atoms with Crippen LogP contribution < -0.4 is 0 Å². The van der Waals surface area contributed by atoms with Crippen LogP contribution in [0.2, 0.25) is 5.02 Å². The van der Waals surface area contributed by atoms with Crippen molar-refractivity contribution in [1.82, 2.24) is 9.88 Å². The molecule has 1 atom stereocenters. The van der Waals surface area contributed by atoms with Gasteiger partial charge in [-0.3, -0.25) is 4.99 Å². The van der Waals surface area contributed by atoms with E-state index in [0.29, 0.717) is 35.1 Å². The average Bonchev–Trinajstić information content (AvgIpc) is 3.37. The van der Waals surface area contributed by atoms with E-state index >= 15 is 0 Å². The van der Waals surface area contributed by atoms with E-state index in [4.69, 9.17) is 21.3 Å². The summed E-state index contributed by atoms with van der Waals surface area (Å²) in [6.45, 7) is -0.397. The average molecular weight is 442 g/mol. The Bertz CT molecular complexity index is 995. The van der Waals surface area contributed by atoms with Crippen LogP contribution in [0.5, 0.6) is 0 Å². The molecule has 1 fully saturated rings. The summed E-state index contributed by atoms with van der Waals surface area (Å²) in [4.78, 5) is 23.6. The lowest BCUT2D eigenvalue weighted by Gasteiger charge is -2.31. The van der Waals surface area contributed by atoms with Crippen LogP contribution in [0.15, 0.2) is 46.0 Å². The number of carbonyl (C=O) groups is 1. The number of allylic oxidation sites excluding steroid dienone is 1. The molecule has 0 N–H and O–H groups in total. The summed E-state index contributed by atoms with van der Waals surface area (Å²) >= 11 is 7.64. The molecule has 0 aliphatic carbocycles. The van der Waals surface area contributed by atoms with Gasteiger partial charge in [0.25, 0.3) is 6.43 Å². The zero-order chi connectivity index (χ0) is 20.5. The zero-order valence-corrected chi connectivity index (χ0v) is 16.5. The summed E-state index contributed by atoms with van der Waals surface area (Å²) in [6.07, 6.45) is 0.178. The van der Waals surface area contributed by atoms with Crippen molar-refractivity contribution in [3.63, 3.8) is 0 Å². The minimum Gasteiger partial charge on any atom is -0.456 e. The molecular weight excluding hydrogens is 427 g/mol. The standard InChI is InChI=1S/C19H15ClF3N3O2S/c20-12-8-10(21)3-4-11(12)16-15(19(27)28-9-14(22)23)13-2-1-6-26(13)17(25-16)18-24-5-7-29-18/h3-5,7-8,14,16H,1-2,6,9H2. The number of rotatable bonds is 5. The normalized spacial score (nSPS) is 18.9. The number of carbonyl (C=O) groups excluding carboxylic acids is 1. The fourth-order valence-electron chi connectivity index (χ4n) is 3.50. The largest absolute Gasteiger partial charge is 0.456 e.